The molecule has 1 aromatic rings. The second-order valence-corrected chi connectivity index (χ2v) is 8.24. The van der Waals surface area contributed by atoms with Crippen molar-refractivity contribution in [3.05, 3.63) is 24.0 Å². The van der Waals surface area contributed by atoms with E-state index in [2.05, 4.69) is 12.2 Å². The SMILES string of the molecule is CC[C@H](C)C(=S)NCC1CN(c2ccc(N3CCN(C(C)=O)CC3)c(F)c2)C(=O)O1. The molecule has 0 spiro atoms. The lowest BCUT2D eigenvalue weighted by Crippen LogP contribution is -2.48. The van der Waals surface area contributed by atoms with E-state index in [1.54, 1.807) is 24.0 Å². The Balaban J connectivity index is 1.60. The van der Waals surface area contributed by atoms with Gasteiger partial charge in [-0.1, -0.05) is 26.1 Å². The van der Waals surface area contributed by atoms with E-state index in [4.69, 9.17) is 17.0 Å². The second kappa shape index (κ2) is 9.59. The zero-order valence-corrected chi connectivity index (χ0v) is 18.5. The lowest BCUT2D eigenvalue weighted by molar-refractivity contribution is -0.129. The van der Waals surface area contributed by atoms with E-state index in [9.17, 15) is 14.0 Å². The Labute approximate surface area is 182 Å². The maximum Gasteiger partial charge on any atom is 0.414 e. The highest BCUT2D eigenvalue weighted by molar-refractivity contribution is 7.80. The number of cyclic esters (lactones) is 1. The number of hydrogen-bond donors (Lipinski definition) is 1. The predicted molar refractivity (Wildman–Crippen MR) is 119 cm³/mol. The van der Waals surface area contributed by atoms with Crippen LogP contribution < -0.4 is 15.1 Å². The van der Waals surface area contributed by atoms with Crippen molar-refractivity contribution in [1.29, 1.82) is 0 Å². The highest BCUT2D eigenvalue weighted by atomic mass is 32.1. The second-order valence-electron chi connectivity index (χ2n) is 7.80. The molecule has 0 bridgehead atoms. The predicted octanol–water partition coefficient (Wildman–Crippen LogP) is 2.78. The van der Waals surface area contributed by atoms with Gasteiger partial charge in [0.1, 0.15) is 11.9 Å². The summed E-state index contributed by atoms with van der Waals surface area (Å²) in [5, 5.41) is 3.16. The molecule has 2 fully saturated rings. The summed E-state index contributed by atoms with van der Waals surface area (Å²) in [5.74, 6) is -0.0877. The van der Waals surface area contributed by atoms with E-state index in [-0.39, 0.29) is 17.9 Å². The zero-order valence-electron chi connectivity index (χ0n) is 17.7. The van der Waals surface area contributed by atoms with Crippen molar-refractivity contribution in [3.63, 3.8) is 0 Å². The van der Waals surface area contributed by atoms with Crippen LogP contribution in [0.4, 0.5) is 20.6 Å². The summed E-state index contributed by atoms with van der Waals surface area (Å²) in [4.78, 5) is 29.6. The van der Waals surface area contributed by atoms with Crippen LogP contribution in [0.3, 0.4) is 0 Å². The number of nitrogens with zero attached hydrogens (tertiary/aromatic N) is 3. The van der Waals surface area contributed by atoms with Gasteiger partial charge in [0.25, 0.3) is 0 Å². The van der Waals surface area contributed by atoms with Gasteiger partial charge in [-0.3, -0.25) is 9.69 Å². The highest BCUT2D eigenvalue weighted by Gasteiger charge is 2.33. The number of ether oxygens (including phenoxy) is 1. The number of hydrogen-bond acceptors (Lipinski definition) is 5. The maximum atomic E-state index is 14.8. The molecule has 1 unspecified atom stereocenters. The zero-order chi connectivity index (χ0) is 21.8. The molecule has 2 atom stereocenters. The minimum absolute atomic E-state index is 0.0342. The fraction of sp³-hybridized carbons (Fsp3) is 0.571. The molecule has 2 aliphatic heterocycles. The fourth-order valence-electron chi connectivity index (χ4n) is 3.60. The molecule has 9 heteroatoms. The van der Waals surface area contributed by atoms with Crippen molar-refractivity contribution >= 4 is 40.6 Å². The van der Waals surface area contributed by atoms with Crippen molar-refractivity contribution in [3.8, 4) is 0 Å². The summed E-state index contributed by atoms with van der Waals surface area (Å²) in [6.07, 6.45) is 0.109. The fourth-order valence-corrected chi connectivity index (χ4v) is 3.85. The van der Waals surface area contributed by atoms with E-state index in [0.717, 1.165) is 11.4 Å². The van der Waals surface area contributed by atoms with Crippen LogP contribution in [-0.4, -0.2) is 67.3 Å². The van der Waals surface area contributed by atoms with E-state index >= 15 is 0 Å². The first-order chi connectivity index (χ1) is 14.3. The Morgan fingerprint density at radius 1 is 1.33 bits per heavy atom. The lowest BCUT2D eigenvalue weighted by Gasteiger charge is -2.35. The number of carbonyl (C=O) groups is 2. The van der Waals surface area contributed by atoms with Gasteiger partial charge in [0, 0.05) is 39.0 Å². The third-order valence-electron chi connectivity index (χ3n) is 5.75. The molecule has 2 saturated heterocycles. The Bertz CT molecular complexity index is 813. The molecule has 164 valence electrons. The molecule has 30 heavy (non-hydrogen) atoms. The van der Waals surface area contributed by atoms with Gasteiger partial charge in [-0.2, -0.15) is 0 Å². The average Bonchev–Trinajstić information content (AvgIpc) is 3.11. The summed E-state index contributed by atoms with van der Waals surface area (Å²) < 4.78 is 20.2. The lowest BCUT2D eigenvalue weighted by atomic mass is 10.1. The molecule has 0 saturated carbocycles. The van der Waals surface area contributed by atoms with Crippen molar-refractivity contribution < 1.29 is 18.7 Å². The number of nitrogens with one attached hydrogen (secondary N) is 1. The van der Waals surface area contributed by atoms with Gasteiger partial charge in [0.2, 0.25) is 5.91 Å². The third-order valence-corrected chi connectivity index (χ3v) is 6.29. The molecule has 1 N–H and O–H groups in total. The van der Waals surface area contributed by atoms with Crippen LogP contribution in [0.2, 0.25) is 0 Å². The van der Waals surface area contributed by atoms with Gasteiger partial charge in [-0.05, 0) is 24.6 Å². The van der Waals surface area contributed by atoms with Crippen LogP contribution in [0.5, 0.6) is 0 Å². The molecule has 1 aromatic carbocycles. The first-order valence-electron chi connectivity index (χ1n) is 10.4. The standard InChI is InChI=1S/C21H29FN4O3S/c1-4-14(2)20(30)23-12-17-13-26(21(28)29-17)16-5-6-19(18(22)11-16)25-9-7-24(8-10-25)15(3)27/h5-6,11,14,17H,4,7-10,12-13H2,1-3H3,(H,23,30)/t14-,17?/m0/s1. The minimum atomic E-state index is -0.488. The molecule has 0 aliphatic carbocycles. The molecule has 2 amide bonds. The van der Waals surface area contributed by atoms with E-state index in [1.165, 1.54) is 11.0 Å². The van der Waals surface area contributed by atoms with E-state index in [0.29, 0.717) is 50.6 Å². The summed E-state index contributed by atoms with van der Waals surface area (Å²) in [5.41, 5.74) is 0.947. The highest BCUT2D eigenvalue weighted by Crippen LogP contribution is 2.28. The molecule has 7 nitrogen and oxygen atoms in total. The Hall–Kier alpha value is -2.42. The largest absolute Gasteiger partial charge is 0.442 e. The van der Waals surface area contributed by atoms with Gasteiger partial charge in [-0.25, -0.2) is 9.18 Å². The van der Waals surface area contributed by atoms with Crippen LogP contribution in [0, 0.1) is 11.7 Å². The number of rotatable bonds is 6. The van der Waals surface area contributed by atoms with Crippen LogP contribution >= 0.6 is 12.2 Å². The molecular formula is C21H29FN4O3S. The maximum absolute atomic E-state index is 14.8. The molecule has 3 rings (SSSR count). The normalized spacial score (nSPS) is 20.2. The van der Waals surface area contributed by atoms with Gasteiger partial charge in [0.15, 0.2) is 0 Å². The van der Waals surface area contributed by atoms with Crippen LogP contribution in [0.1, 0.15) is 27.2 Å². The number of amides is 2. The van der Waals surface area contributed by atoms with E-state index < -0.39 is 11.9 Å². The molecule has 2 aliphatic rings. The topological polar surface area (TPSA) is 65.1 Å². The third kappa shape index (κ3) is 5.00. The number of thiocarbonyl (C=S) groups is 1. The van der Waals surface area contributed by atoms with Crippen LogP contribution in [0.15, 0.2) is 18.2 Å². The van der Waals surface area contributed by atoms with Gasteiger partial charge >= 0.3 is 6.09 Å². The number of piperazine rings is 1. The first-order valence-corrected chi connectivity index (χ1v) is 10.8. The molecule has 2 heterocycles. The number of anilines is 2. The smallest absolute Gasteiger partial charge is 0.414 e. The molecule has 0 aromatic heterocycles. The monoisotopic (exact) mass is 436 g/mol. The van der Waals surface area contributed by atoms with Crippen molar-refractivity contribution in [2.75, 3.05) is 49.1 Å². The van der Waals surface area contributed by atoms with E-state index in [1.807, 2.05) is 11.8 Å². The van der Waals surface area contributed by atoms with Gasteiger partial charge in [-0.15, -0.1) is 0 Å². The van der Waals surface area contributed by atoms with Crippen molar-refractivity contribution in [2.45, 2.75) is 33.3 Å². The number of benzene rings is 1. The Morgan fingerprint density at radius 2 is 2.03 bits per heavy atom. The van der Waals surface area contributed by atoms with Crippen molar-refractivity contribution in [2.24, 2.45) is 5.92 Å². The van der Waals surface area contributed by atoms with Crippen LogP contribution in [-0.2, 0) is 9.53 Å². The van der Waals surface area contributed by atoms with Gasteiger partial charge < -0.3 is 19.9 Å². The Morgan fingerprint density at radius 3 is 2.63 bits per heavy atom. The summed E-state index contributed by atoms with van der Waals surface area (Å²) in [6, 6.07) is 4.79. The quantitative estimate of drug-likeness (QED) is 0.692. The molecule has 0 radical (unpaired) electrons. The summed E-state index contributed by atoms with van der Waals surface area (Å²) in [6.45, 7) is 8.73. The van der Waals surface area contributed by atoms with Crippen LogP contribution in [0.25, 0.3) is 0 Å². The van der Waals surface area contributed by atoms with Crippen molar-refractivity contribution in [1.82, 2.24) is 10.2 Å². The first kappa shape index (κ1) is 22.3. The average molecular weight is 437 g/mol. The number of carbonyl (C=O) groups excluding carboxylic acids is 2. The minimum Gasteiger partial charge on any atom is -0.442 e. The molecular weight excluding hydrogens is 407 g/mol. The van der Waals surface area contributed by atoms with Gasteiger partial charge in [0.05, 0.1) is 29.5 Å². The summed E-state index contributed by atoms with van der Waals surface area (Å²) >= 11 is 5.34. The number of halogens is 1. The Kier molecular flexibility index (Phi) is 7.12. The summed E-state index contributed by atoms with van der Waals surface area (Å²) in [7, 11) is 0.